The van der Waals surface area contributed by atoms with Gasteiger partial charge < -0.3 is 10.2 Å². The van der Waals surface area contributed by atoms with E-state index in [0.717, 1.165) is 19.3 Å². The van der Waals surface area contributed by atoms with Crippen LogP contribution in [0.5, 0.6) is 0 Å². The van der Waals surface area contributed by atoms with Crippen molar-refractivity contribution in [3.05, 3.63) is 0 Å². The number of hydrogen-bond acceptors (Lipinski definition) is 2. The molecule has 4 unspecified atom stereocenters. The minimum absolute atomic E-state index is 0.139. The molecule has 0 spiro atoms. The molecule has 0 heterocycles. The van der Waals surface area contributed by atoms with Gasteiger partial charge in [0.15, 0.2) is 0 Å². The Balaban J connectivity index is 2.12. The van der Waals surface area contributed by atoms with Crippen LogP contribution in [0.25, 0.3) is 0 Å². The van der Waals surface area contributed by atoms with Crippen molar-refractivity contribution in [2.45, 2.75) is 44.8 Å². The normalized spacial score (nSPS) is 47.0. The highest BCUT2D eigenvalue weighted by Gasteiger charge is 2.50. The van der Waals surface area contributed by atoms with Gasteiger partial charge in [0.25, 0.3) is 0 Å². The van der Waals surface area contributed by atoms with E-state index >= 15 is 0 Å². The molecule has 12 heavy (non-hydrogen) atoms. The van der Waals surface area contributed by atoms with E-state index in [9.17, 15) is 10.2 Å². The maximum atomic E-state index is 9.85. The number of rotatable bonds is 1. The van der Waals surface area contributed by atoms with E-state index in [1.54, 1.807) is 0 Å². The van der Waals surface area contributed by atoms with Gasteiger partial charge in [0.2, 0.25) is 0 Å². The Morgan fingerprint density at radius 3 is 2.17 bits per heavy atom. The lowest BCUT2D eigenvalue weighted by Gasteiger charge is -2.35. The van der Waals surface area contributed by atoms with Crippen LogP contribution in [-0.2, 0) is 0 Å². The molecule has 0 aromatic rings. The van der Waals surface area contributed by atoms with Crippen LogP contribution >= 0.6 is 0 Å². The maximum Gasteiger partial charge on any atom is 0.0623 e. The van der Waals surface area contributed by atoms with Gasteiger partial charge in [0.05, 0.1) is 11.7 Å². The fraction of sp³-hybridized carbons (Fsp3) is 1.00. The van der Waals surface area contributed by atoms with E-state index < -0.39 is 5.60 Å². The van der Waals surface area contributed by atoms with Crippen molar-refractivity contribution < 1.29 is 10.2 Å². The summed E-state index contributed by atoms with van der Waals surface area (Å²) in [4.78, 5) is 0. The predicted molar refractivity (Wildman–Crippen MR) is 46.6 cm³/mol. The Bertz CT molecular complexity index is 183. The average Bonchev–Trinajstić information content (AvgIpc) is 2.41. The van der Waals surface area contributed by atoms with Crippen LogP contribution in [0.15, 0.2) is 0 Å². The van der Waals surface area contributed by atoms with Gasteiger partial charge in [-0.3, -0.25) is 0 Å². The number of aliphatic hydroxyl groups is 2. The summed E-state index contributed by atoms with van der Waals surface area (Å²) < 4.78 is 0. The lowest BCUT2D eigenvalue weighted by Crippen LogP contribution is -2.39. The summed E-state index contributed by atoms with van der Waals surface area (Å²) in [6, 6.07) is 0. The molecule has 2 rings (SSSR count). The van der Waals surface area contributed by atoms with Crippen LogP contribution in [0, 0.1) is 17.8 Å². The van der Waals surface area contributed by atoms with Crippen molar-refractivity contribution in [2.75, 3.05) is 0 Å². The molecule has 0 amide bonds. The highest BCUT2D eigenvalue weighted by Crippen LogP contribution is 2.51. The quantitative estimate of drug-likeness (QED) is 0.620. The van der Waals surface area contributed by atoms with Crippen molar-refractivity contribution in [2.24, 2.45) is 17.8 Å². The van der Waals surface area contributed by atoms with Crippen LogP contribution in [0.1, 0.15) is 33.1 Å². The maximum absolute atomic E-state index is 9.85. The summed E-state index contributed by atoms with van der Waals surface area (Å²) in [7, 11) is 0. The van der Waals surface area contributed by atoms with Crippen molar-refractivity contribution in [3.63, 3.8) is 0 Å². The topological polar surface area (TPSA) is 40.5 Å². The highest BCUT2D eigenvalue weighted by molar-refractivity contribution is 5.00. The second-order valence-corrected chi connectivity index (χ2v) is 5.06. The molecule has 4 atom stereocenters. The largest absolute Gasteiger partial charge is 0.393 e. The first-order valence-electron chi connectivity index (χ1n) is 4.89. The summed E-state index contributed by atoms with van der Waals surface area (Å²) in [5, 5.41) is 19.5. The summed E-state index contributed by atoms with van der Waals surface area (Å²) in [5.74, 6) is 1.38. The Morgan fingerprint density at radius 1 is 1.17 bits per heavy atom. The summed E-state index contributed by atoms with van der Waals surface area (Å²) in [6.45, 7) is 3.73. The zero-order valence-corrected chi connectivity index (χ0v) is 7.83. The molecule has 2 fully saturated rings. The molecular formula is C10H18O2. The molecule has 0 aromatic carbocycles. The van der Waals surface area contributed by atoms with Gasteiger partial charge in [-0.1, -0.05) is 0 Å². The second-order valence-electron chi connectivity index (χ2n) is 5.06. The molecule has 0 radical (unpaired) electrons. The zero-order valence-electron chi connectivity index (χ0n) is 7.83. The first-order valence-corrected chi connectivity index (χ1v) is 4.89. The van der Waals surface area contributed by atoms with E-state index in [1.165, 1.54) is 0 Å². The van der Waals surface area contributed by atoms with Crippen LogP contribution in [0.2, 0.25) is 0 Å². The second kappa shape index (κ2) is 2.46. The first-order chi connectivity index (χ1) is 5.48. The Labute approximate surface area is 73.6 Å². The Morgan fingerprint density at radius 2 is 1.83 bits per heavy atom. The molecule has 2 nitrogen and oxygen atoms in total. The SMILES string of the molecule is CC(C)(O)C1CC2CC(O)C1C2. The molecular weight excluding hydrogens is 152 g/mol. The number of fused-ring (bicyclic) bond motifs is 2. The van der Waals surface area contributed by atoms with Crippen LogP contribution in [0.4, 0.5) is 0 Å². The summed E-state index contributed by atoms with van der Waals surface area (Å²) in [6.07, 6.45) is 3.08. The Kier molecular flexibility index (Phi) is 1.74. The minimum Gasteiger partial charge on any atom is -0.393 e. The molecule has 0 saturated heterocycles. The number of aliphatic hydroxyl groups excluding tert-OH is 1. The predicted octanol–water partition coefficient (Wildman–Crippen LogP) is 1.16. The Hall–Kier alpha value is -0.0800. The molecule has 2 aliphatic rings. The zero-order chi connectivity index (χ0) is 8.93. The average molecular weight is 170 g/mol. The number of hydrogen-bond donors (Lipinski definition) is 2. The third-order valence-electron chi connectivity index (χ3n) is 3.69. The van der Waals surface area contributed by atoms with Crippen molar-refractivity contribution in [3.8, 4) is 0 Å². The fourth-order valence-corrected chi connectivity index (χ4v) is 3.13. The standard InChI is InChI=1S/C10H18O2/c1-10(2,12)8-4-6-3-7(8)9(11)5-6/h6-9,11-12H,3-5H2,1-2H3. The van der Waals surface area contributed by atoms with Crippen LogP contribution in [0.3, 0.4) is 0 Å². The van der Waals surface area contributed by atoms with E-state index in [1.807, 2.05) is 13.8 Å². The molecule has 2 heteroatoms. The lowest BCUT2D eigenvalue weighted by atomic mass is 9.77. The molecule has 2 saturated carbocycles. The van der Waals surface area contributed by atoms with Crippen molar-refractivity contribution in [1.82, 2.24) is 0 Å². The monoisotopic (exact) mass is 170 g/mol. The third-order valence-corrected chi connectivity index (χ3v) is 3.69. The van der Waals surface area contributed by atoms with Gasteiger partial charge in [0, 0.05) is 0 Å². The fourth-order valence-electron chi connectivity index (χ4n) is 3.13. The molecule has 0 aliphatic heterocycles. The minimum atomic E-state index is -0.596. The van der Waals surface area contributed by atoms with Crippen molar-refractivity contribution >= 4 is 0 Å². The van der Waals surface area contributed by atoms with E-state index in [-0.39, 0.29) is 6.10 Å². The van der Waals surface area contributed by atoms with Gasteiger partial charge in [-0.25, -0.2) is 0 Å². The third kappa shape index (κ3) is 1.17. The van der Waals surface area contributed by atoms with Gasteiger partial charge in [0.1, 0.15) is 0 Å². The van der Waals surface area contributed by atoms with Crippen LogP contribution < -0.4 is 0 Å². The summed E-state index contributed by atoms with van der Waals surface area (Å²) >= 11 is 0. The molecule has 0 aromatic heterocycles. The van der Waals surface area contributed by atoms with Gasteiger partial charge >= 0.3 is 0 Å². The van der Waals surface area contributed by atoms with E-state index in [2.05, 4.69) is 0 Å². The van der Waals surface area contributed by atoms with E-state index in [4.69, 9.17) is 0 Å². The first kappa shape index (κ1) is 8.52. The lowest BCUT2D eigenvalue weighted by molar-refractivity contribution is -0.0418. The highest BCUT2D eigenvalue weighted by atomic mass is 16.3. The molecule has 2 bridgehead atoms. The smallest absolute Gasteiger partial charge is 0.0623 e. The van der Waals surface area contributed by atoms with Gasteiger partial charge in [-0.05, 0) is 50.9 Å². The summed E-state index contributed by atoms with van der Waals surface area (Å²) in [5.41, 5.74) is -0.596. The van der Waals surface area contributed by atoms with Gasteiger partial charge in [-0.15, -0.1) is 0 Å². The molecule has 70 valence electrons. The van der Waals surface area contributed by atoms with Crippen molar-refractivity contribution in [1.29, 1.82) is 0 Å². The van der Waals surface area contributed by atoms with Crippen LogP contribution in [-0.4, -0.2) is 21.9 Å². The molecule has 2 N–H and O–H groups in total. The van der Waals surface area contributed by atoms with E-state index in [0.29, 0.717) is 17.8 Å². The van der Waals surface area contributed by atoms with Gasteiger partial charge in [-0.2, -0.15) is 0 Å². The molecule has 2 aliphatic carbocycles.